The minimum atomic E-state index is 0.00343. The Bertz CT molecular complexity index is 518. The summed E-state index contributed by atoms with van der Waals surface area (Å²) in [6.45, 7) is 1.82. The van der Waals surface area contributed by atoms with E-state index in [-0.39, 0.29) is 5.56 Å². The molecule has 2 rings (SSSR count). The molecule has 0 radical (unpaired) electrons. The lowest BCUT2D eigenvalue weighted by molar-refractivity contribution is 1.03. The van der Waals surface area contributed by atoms with Crippen LogP contribution in [0.25, 0.3) is 10.9 Å². The van der Waals surface area contributed by atoms with Crippen molar-refractivity contribution in [3.63, 3.8) is 0 Å². The van der Waals surface area contributed by atoms with Gasteiger partial charge in [0.05, 0.1) is 33.8 Å². The Hall–Kier alpha value is -0.910. The lowest BCUT2D eigenvalue weighted by Crippen LogP contribution is -2.16. The molecular formula is C9H7IN2O. The van der Waals surface area contributed by atoms with Crippen LogP contribution in [0.4, 0.5) is 0 Å². The van der Waals surface area contributed by atoms with Crippen molar-refractivity contribution in [3.05, 3.63) is 40.4 Å². The molecule has 13 heavy (non-hydrogen) atoms. The van der Waals surface area contributed by atoms with E-state index in [1.54, 1.807) is 6.07 Å². The van der Waals surface area contributed by atoms with Crippen molar-refractivity contribution in [1.82, 2.24) is 7.76 Å². The van der Waals surface area contributed by atoms with E-state index < -0.39 is 0 Å². The molecular weight excluding hydrogens is 279 g/mol. The Kier molecular flexibility index (Phi) is 2.07. The van der Waals surface area contributed by atoms with Crippen LogP contribution in [-0.4, -0.2) is 7.76 Å². The molecule has 66 valence electrons. The van der Waals surface area contributed by atoms with Crippen LogP contribution in [0.1, 0.15) is 5.82 Å². The summed E-state index contributed by atoms with van der Waals surface area (Å²) < 4.78 is 1.53. The minimum Gasteiger partial charge on any atom is -0.268 e. The third-order valence-electron chi connectivity index (χ3n) is 1.88. The molecule has 0 unspecified atom stereocenters. The highest BCUT2D eigenvalue weighted by atomic mass is 127. The number of nitrogens with zero attached hydrogens (tertiary/aromatic N) is 2. The van der Waals surface area contributed by atoms with E-state index in [0.717, 1.165) is 11.3 Å². The third-order valence-corrected chi connectivity index (χ3v) is 3.02. The molecule has 3 nitrogen and oxygen atoms in total. The predicted octanol–water partition coefficient (Wildman–Crippen LogP) is 1.90. The fraction of sp³-hybridized carbons (Fsp3) is 0.111. The number of hydrogen-bond acceptors (Lipinski definition) is 2. The smallest absolute Gasteiger partial charge is 0.268 e. The molecule has 0 atom stereocenters. The zero-order valence-corrected chi connectivity index (χ0v) is 9.15. The Morgan fingerprint density at radius 2 is 2.08 bits per heavy atom. The lowest BCUT2D eigenvalue weighted by Gasteiger charge is -2.01. The van der Waals surface area contributed by atoms with E-state index >= 15 is 0 Å². The van der Waals surface area contributed by atoms with E-state index in [9.17, 15) is 4.79 Å². The summed E-state index contributed by atoms with van der Waals surface area (Å²) in [4.78, 5) is 16.0. The van der Waals surface area contributed by atoms with Crippen LogP contribution in [0.15, 0.2) is 29.1 Å². The molecule has 1 heterocycles. The first-order chi connectivity index (χ1) is 6.20. The van der Waals surface area contributed by atoms with Crippen molar-refractivity contribution in [1.29, 1.82) is 0 Å². The number of halogens is 1. The number of rotatable bonds is 0. The van der Waals surface area contributed by atoms with Gasteiger partial charge in [-0.25, -0.2) is 7.76 Å². The van der Waals surface area contributed by atoms with Gasteiger partial charge in [0.2, 0.25) is 0 Å². The topological polar surface area (TPSA) is 34.9 Å². The van der Waals surface area contributed by atoms with Crippen LogP contribution in [0.3, 0.4) is 0 Å². The van der Waals surface area contributed by atoms with E-state index in [2.05, 4.69) is 4.98 Å². The average molecular weight is 286 g/mol. The van der Waals surface area contributed by atoms with E-state index in [1.807, 2.05) is 48.0 Å². The van der Waals surface area contributed by atoms with Gasteiger partial charge in [-0.05, 0) is 19.1 Å². The average Bonchev–Trinajstić information content (AvgIpc) is 2.15. The molecule has 1 aromatic heterocycles. The van der Waals surface area contributed by atoms with Crippen molar-refractivity contribution in [2.75, 3.05) is 0 Å². The highest BCUT2D eigenvalue weighted by Crippen LogP contribution is 2.08. The minimum absolute atomic E-state index is 0.00343. The molecule has 0 saturated heterocycles. The summed E-state index contributed by atoms with van der Waals surface area (Å²) in [5.74, 6) is 0.726. The summed E-state index contributed by atoms with van der Waals surface area (Å²) in [7, 11) is 0. The monoisotopic (exact) mass is 286 g/mol. The Labute approximate surface area is 88.9 Å². The van der Waals surface area contributed by atoms with Crippen LogP contribution < -0.4 is 5.56 Å². The number of hydrogen-bond donors (Lipinski definition) is 0. The number of benzene rings is 1. The predicted molar refractivity (Wildman–Crippen MR) is 60.2 cm³/mol. The highest BCUT2D eigenvalue weighted by Gasteiger charge is 2.03. The third kappa shape index (κ3) is 1.35. The van der Waals surface area contributed by atoms with Gasteiger partial charge in [0.15, 0.2) is 0 Å². The molecule has 0 N–H and O–H groups in total. The van der Waals surface area contributed by atoms with Gasteiger partial charge in [-0.15, -0.1) is 0 Å². The van der Waals surface area contributed by atoms with Gasteiger partial charge in [-0.2, -0.15) is 0 Å². The maximum Gasteiger partial charge on any atom is 0.270 e. The van der Waals surface area contributed by atoms with Gasteiger partial charge in [0.1, 0.15) is 5.82 Å². The molecule has 0 amide bonds. The second kappa shape index (κ2) is 3.10. The molecule has 2 aromatic rings. The number of para-hydroxylation sites is 1. The van der Waals surface area contributed by atoms with Crippen LogP contribution in [0.5, 0.6) is 0 Å². The largest absolute Gasteiger partial charge is 0.270 e. The van der Waals surface area contributed by atoms with E-state index in [0.29, 0.717) is 5.39 Å². The van der Waals surface area contributed by atoms with E-state index in [4.69, 9.17) is 0 Å². The second-order valence-electron chi connectivity index (χ2n) is 2.76. The van der Waals surface area contributed by atoms with Crippen molar-refractivity contribution in [3.8, 4) is 0 Å². The first-order valence-electron chi connectivity index (χ1n) is 3.84. The fourth-order valence-electron chi connectivity index (χ4n) is 1.22. The van der Waals surface area contributed by atoms with Crippen molar-refractivity contribution < 1.29 is 0 Å². The van der Waals surface area contributed by atoms with Gasteiger partial charge in [-0.3, -0.25) is 4.79 Å². The standard InChI is InChI=1S/C9H7IN2O/c1-6-11-8-5-3-2-4-7(8)9(13)12(6)10/h2-5H,1H3. The van der Waals surface area contributed by atoms with Crippen molar-refractivity contribution in [2.45, 2.75) is 6.92 Å². The number of aromatic nitrogens is 2. The zero-order valence-electron chi connectivity index (χ0n) is 6.99. The van der Waals surface area contributed by atoms with Crippen LogP contribution >= 0.6 is 22.9 Å². The quantitative estimate of drug-likeness (QED) is 0.693. The number of aryl methyl sites for hydroxylation is 1. The van der Waals surface area contributed by atoms with Crippen LogP contribution in [-0.2, 0) is 0 Å². The van der Waals surface area contributed by atoms with E-state index in [1.165, 1.54) is 2.78 Å². The maximum atomic E-state index is 11.7. The fourth-order valence-corrected chi connectivity index (χ4v) is 1.59. The van der Waals surface area contributed by atoms with Gasteiger partial charge in [0.25, 0.3) is 5.56 Å². The van der Waals surface area contributed by atoms with Gasteiger partial charge in [-0.1, -0.05) is 12.1 Å². The molecule has 4 heteroatoms. The highest BCUT2D eigenvalue weighted by molar-refractivity contribution is 14.1. The molecule has 0 spiro atoms. The first-order valence-corrected chi connectivity index (χ1v) is 4.81. The van der Waals surface area contributed by atoms with Gasteiger partial charge in [0, 0.05) is 0 Å². The molecule has 0 aliphatic carbocycles. The lowest BCUT2D eigenvalue weighted by atomic mass is 10.2. The Balaban J connectivity index is 3.03. The zero-order chi connectivity index (χ0) is 9.42. The van der Waals surface area contributed by atoms with Crippen molar-refractivity contribution in [2.24, 2.45) is 0 Å². The summed E-state index contributed by atoms with van der Waals surface area (Å²) in [6.07, 6.45) is 0. The van der Waals surface area contributed by atoms with Crippen molar-refractivity contribution >= 4 is 33.8 Å². The maximum absolute atomic E-state index is 11.7. The summed E-state index contributed by atoms with van der Waals surface area (Å²) >= 11 is 1.96. The SMILES string of the molecule is Cc1nc2ccccc2c(=O)n1I. The molecule has 0 aliphatic heterocycles. The van der Waals surface area contributed by atoms with Crippen LogP contribution in [0.2, 0.25) is 0 Å². The van der Waals surface area contributed by atoms with Gasteiger partial charge >= 0.3 is 0 Å². The summed E-state index contributed by atoms with van der Waals surface area (Å²) in [5.41, 5.74) is 0.765. The van der Waals surface area contributed by atoms with Crippen LogP contribution in [0, 0.1) is 6.92 Å². The molecule has 0 aliphatic rings. The normalized spacial score (nSPS) is 10.6. The molecule has 0 bridgehead atoms. The summed E-state index contributed by atoms with van der Waals surface area (Å²) in [6, 6.07) is 7.36. The molecule has 0 saturated carbocycles. The second-order valence-corrected chi connectivity index (χ2v) is 3.73. The molecule has 1 aromatic carbocycles. The first kappa shape index (κ1) is 8.68. The molecule has 0 fully saturated rings. The number of fused-ring (bicyclic) bond motifs is 1. The Morgan fingerprint density at radius 3 is 2.85 bits per heavy atom. The summed E-state index contributed by atoms with van der Waals surface area (Å²) in [5, 5.41) is 0.669. The Morgan fingerprint density at radius 1 is 1.38 bits per heavy atom. The van der Waals surface area contributed by atoms with Gasteiger partial charge < -0.3 is 0 Å².